The number of ether oxygens (including phenoxy) is 2. The van der Waals surface area contributed by atoms with Gasteiger partial charge in [0.1, 0.15) is 5.75 Å². The fraction of sp³-hybridized carbons (Fsp3) is 0.375. The van der Waals surface area contributed by atoms with Gasteiger partial charge in [0.05, 0.1) is 6.61 Å². The molecule has 1 aromatic heterocycles. The van der Waals surface area contributed by atoms with Gasteiger partial charge in [-0.1, -0.05) is 6.07 Å². The van der Waals surface area contributed by atoms with E-state index in [1.807, 2.05) is 26.0 Å². The van der Waals surface area contributed by atoms with Crippen molar-refractivity contribution in [2.24, 2.45) is 0 Å². The molecule has 0 atom stereocenters. The molecular weight excluding hydrogens is 300 g/mol. The molecule has 0 aliphatic rings. The summed E-state index contributed by atoms with van der Waals surface area (Å²) >= 11 is 1.45. The summed E-state index contributed by atoms with van der Waals surface area (Å²) in [4.78, 5) is 17.6. The van der Waals surface area contributed by atoms with Gasteiger partial charge < -0.3 is 9.47 Å². The van der Waals surface area contributed by atoms with Crippen LogP contribution in [-0.4, -0.2) is 31.2 Å². The molecule has 0 fully saturated rings. The van der Waals surface area contributed by atoms with E-state index in [4.69, 9.17) is 9.47 Å². The predicted octanol–water partition coefficient (Wildman–Crippen LogP) is 3.43. The molecule has 0 spiro atoms. The average Bonchev–Trinajstić information content (AvgIpc) is 2.90. The number of nitrogens with zero attached hydrogens (tertiary/aromatic N) is 1. The molecule has 118 valence electrons. The summed E-state index contributed by atoms with van der Waals surface area (Å²) < 4.78 is 10.7. The van der Waals surface area contributed by atoms with Gasteiger partial charge in [0.25, 0.3) is 5.91 Å². The first-order chi connectivity index (χ1) is 10.6. The van der Waals surface area contributed by atoms with Crippen molar-refractivity contribution in [2.45, 2.75) is 20.3 Å². The first kappa shape index (κ1) is 16.5. The van der Waals surface area contributed by atoms with Crippen molar-refractivity contribution in [3.8, 4) is 5.75 Å². The van der Waals surface area contributed by atoms with Crippen LogP contribution in [0.5, 0.6) is 5.75 Å². The van der Waals surface area contributed by atoms with Crippen LogP contribution in [0.2, 0.25) is 0 Å². The Morgan fingerprint density at radius 2 is 2.14 bits per heavy atom. The lowest BCUT2D eigenvalue weighted by molar-refractivity contribution is 0.102. The highest BCUT2D eigenvalue weighted by molar-refractivity contribution is 7.15. The summed E-state index contributed by atoms with van der Waals surface area (Å²) in [7, 11) is 1.66. The Kier molecular flexibility index (Phi) is 5.91. The number of methoxy groups -OCH3 is 1. The number of carbonyl (C=O) groups excluding carboxylic acids is 1. The Morgan fingerprint density at radius 3 is 2.82 bits per heavy atom. The lowest BCUT2D eigenvalue weighted by Crippen LogP contribution is -2.14. The molecule has 0 bridgehead atoms. The first-order valence-electron chi connectivity index (χ1n) is 7.07. The van der Waals surface area contributed by atoms with Crippen molar-refractivity contribution >= 4 is 22.4 Å². The van der Waals surface area contributed by atoms with E-state index in [-0.39, 0.29) is 5.91 Å². The number of thiazole rings is 1. The smallest absolute Gasteiger partial charge is 0.257 e. The zero-order valence-corrected chi connectivity index (χ0v) is 13.8. The topological polar surface area (TPSA) is 60.5 Å². The minimum absolute atomic E-state index is 0.172. The van der Waals surface area contributed by atoms with E-state index in [9.17, 15) is 4.79 Å². The van der Waals surface area contributed by atoms with Gasteiger partial charge in [-0.3, -0.25) is 10.1 Å². The number of hydrogen-bond donors (Lipinski definition) is 1. The van der Waals surface area contributed by atoms with Crippen molar-refractivity contribution in [3.05, 3.63) is 40.4 Å². The zero-order chi connectivity index (χ0) is 15.9. The van der Waals surface area contributed by atoms with Crippen molar-refractivity contribution in [3.63, 3.8) is 0 Å². The second kappa shape index (κ2) is 7.91. The maximum atomic E-state index is 12.4. The molecule has 0 unspecified atom stereocenters. The highest BCUT2D eigenvalue weighted by Gasteiger charge is 2.14. The molecule has 1 aromatic carbocycles. The Labute approximate surface area is 134 Å². The molecule has 6 heteroatoms. The van der Waals surface area contributed by atoms with Crippen molar-refractivity contribution < 1.29 is 14.3 Å². The van der Waals surface area contributed by atoms with Crippen LogP contribution in [0.25, 0.3) is 0 Å². The number of aryl methyl sites for hydroxylation is 1. The van der Waals surface area contributed by atoms with Gasteiger partial charge in [-0.15, -0.1) is 11.3 Å². The monoisotopic (exact) mass is 320 g/mol. The van der Waals surface area contributed by atoms with Crippen LogP contribution in [0.15, 0.2) is 24.4 Å². The third kappa shape index (κ3) is 4.29. The quantitative estimate of drug-likeness (QED) is 0.794. The van der Waals surface area contributed by atoms with E-state index in [1.165, 1.54) is 11.3 Å². The number of hydrogen-bond acceptors (Lipinski definition) is 5. The number of amides is 1. The third-order valence-electron chi connectivity index (χ3n) is 3.12. The second-order valence-electron chi connectivity index (χ2n) is 4.85. The molecule has 0 saturated heterocycles. The first-order valence-corrected chi connectivity index (χ1v) is 7.88. The Morgan fingerprint density at radius 1 is 1.32 bits per heavy atom. The molecule has 5 nitrogen and oxygen atoms in total. The van der Waals surface area contributed by atoms with E-state index in [1.54, 1.807) is 19.4 Å². The van der Waals surface area contributed by atoms with E-state index >= 15 is 0 Å². The lowest BCUT2D eigenvalue weighted by atomic mass is 10.1. The molecule has 2 aromatic rings. The molecule has 0 aliphatic heterocycles. The van der Waals surface area contributed by atoms with Gasteiger partial charge in [0.15, 0.2) is 5.13 Å². The Bertz CT molecular complexity index is 640. The van der Waals surface area contributed by atoms with Crippen molar-refractivity contribution in [1.29, 1.82) is 0 Å². The highest BCUT2D eigenvalue weighted by Crippen LogP contribution is 2.23. The SMILES string of the molecule is COCCCOc1cccc(C(=O)Nc2ncc(C)s2)c1C. The molecule has 1 heterocycles. The third-order valence-corrected chi connectivity index (χ3v) is 3.95. The summed E-state index contributed by atoms with van der Waals surface area (Å²) in [6, 6.07) is 5.47. The number of anilines is 1. The Balaban J connectivity index is 2.05. The zero-order valence-electron chi connectivity index (χ0n) is 13.0. The van der Waals surface area contributed by atoms with Crippen molar-refractivity contribution in [2.75, 3.05) is 25.6 Å². The van der Waals surface area contributed by atoms with Crippen LogP contribution in [0.4, 0.5) is 5.13 Å². The predicted molar refractivity (Wildman–Crippen MR) is 88.0 cm³/mol. The summed E-state index contributed by atoms with van der Waals surface area (Å²) in [6.45, 7) is 5.05. The minimum Gasteiger partial charge on any atom is -0.493 e. The van der Waals surface area contributed by atoms with Crippen LogP contribution in [0.1, 0.15) is 27.2 Å². The summed E-state index contributed by atoms with van der Waals surface area (Å²) in [6.07, 6.45) is 2.55. The number of aromatic nitrogens is 1. The minimum atomic E-state index is -0.172. The number of carbonyl (C=O) groups is 1. The van der Waals surface area contributed by atoms with E-state index in [0.29, 0.717) is 23.9 Å². The molecular formula is C16H20N2O3S. The average molecular weight is 320 g/mol. The fourth-order valence-corrected chi connectivity index (χ4v) is 2.64. The van der Waals surface area contributed by atoms with Gasteiger partial charge in [0, 0.05) is 42.3 Å². The van der Waals surface area contributed by atoms with Gasteiger partial charge in [-0.2, -0.15) is 0 Å². The molecule has 0 radical (unpaired) electrons. The molecule has 22 heavy (non-hydrogen) atoms. The van der Waals surface area contributed by atoms with Crippen LogP contribution in [-0.2, 0) is 4.74 Å². The fourth-order valence-electron chi connectivity index (χ4n) is 1.98. The van der Waals surface area contributed by atoms with E-state index in [2.05, 4.69) is 10.3 Å². The van der Waals surface area contributed by atoms with Crippen LogP contribution < -0.4 is 10.1 Å². The van der Waals surface area contributed by atoms with Crippen LogP contribution in [0, 0.1) is 13.8 Å². The number of benzene rings is 1. The second-order valence-corrected chi connectivity index (χ2v) is 6.09. The Hall–Kier alpha value is -1.92. The van der Waals surface area contributed by atoms with Gasteiger partial charge in [-0.25, -0.2) is 4.98 Å². The number of rotatable bonds is 7. The van der Waals surface area contributed by atoms with Gasteiger partial charge in [-0.05, 0) is 26.0 Å². The molecule has 0 aliphatic carbocycles. The van der Waals surface area contributed by atoms with E-state index in [0.717, 1.165) is 22.6 Å². The van der Waals surface area contributed by atoms with Crippen molar-refractivity contribution in [1.82, 2.24) is 4.98 Å². The van der Waals surface area contributed by atoms with Crippen LogP contribution >= 0.6 is 11.3 Å². The largest absolute Gasteiger partial charge is 0.493 e. The highest BCUT2D eigenvalue weighted by atomic mass is 32.1. The normalized spacial score (nSPS) is 10.5. The van der Waals surface area contributed by atoms with Gasteiger partial charge >= 0.3 is 0 Å². The number of nitrogens with one attached hydrogen (secondary N) is 1. The maximum absolute atomic E-state index is 12.4. The summed E-state index contributed by atoms with van der Waals surface area (Å²) in [5, 5.41) is 3.42. The summed E-state index contributed by atoms with van der Waals surface area (Å²) in [5.41, 5.74) is 1.42. The molecule has 1 N–H and O–H groups in total. The standard InChI is InChI=1S/C16H20N2O3S/c1-11-10-17-16(22-11)18-15(19)13-6-4-7-14(12(13)2)21-9-5-8-20-3/h4,6-7,10H,5,8-9H2,1-3H3,(H,17,18,19). The van der Waals surface area contributed by atoms with Crippen LogP contribution in [0.3, 0.4) is 0 Å². The maximum Gasteiger partial charge on any atom is 0.257 e. The molecule has 0 saturated carbocycles. The lowest BCUT2D eigenvalue weighted by Gasteiger charge is -2.12. The summed E-state index contributed by atoms with van der Waals surface area (Å²) in [5.74, 6) is 0.549. The molecule has 1 amide bonds. The van der Waals surface area contributed by atoms with E-state index < -0.39 is 0 Å². The molecule has 2 rings (SSSR count). The van der Waals surface area contributed by atoms with Gasteiger partial charge in [0.2, 0.25) is 0 Å².